The zero-order chi connectivity index (χ0) is 15.8. The molecule has 8 nitrogen and oxygen atoms in total. The van der Waals surface area contributed by atoms with Crippen molar-refractivity contribution in [3.05, 3.63) is 28.3 Å². The number of tetrazole rings is 1. The van der Waals surface area contributed by atoms with E-state index in [1.807, 2.05) is 0 Å². The van der Waals surface area contributed by atoms with E-state index < -0.39 is 15.7 Å². The van der Waals surface area contributed by atoms with Gasteiger partial charge in [0.2, 0.25) is 5.95 Å². The van der Waals surface area contributed by atoms with Crippen LogP contribution in [0.4, 0.5) is 5.95 Å². The van der Waals surface area contributed by atoms with Crippen molar-refractivity contribution in [1.82, 2.24) is 20.2 Å². The van der Waals surface area contributed by atoms with Crippen LogP contribution in [-0.4, -0.2) is 40.8 Å². The van der Waals surface area contributed by atoms with Crippen LogP contribution in [0.1, 0.15) is 15.9 Å². The number of benzene rings is 1. The molecule has 0 unspecified atom stereocenters. The summed E-state index contributed by atoms with van der Waals surface area (Å²) in [5.74, 6) is -0.373. The lowest BCUT2D eigenvalue weighted by Crippen LogP contribution is -2.18. The fraction of sp³-hybridized carbons (Fsp3) is 0.273. The van der Waals surface area contributed by atoms with Crippen LogP contribution in [0.25, 0.3) is 0 Å². The first kappa shape index (κ1) is 15.4. The molecule has 0 bridgehead atoms. The normalized spacial score (nSPS) is 11.4. The van der Waals surface area contributed by atoms with Crippen molar-refractivity contribution in [2.75, 3.05) is 11.6 Å². The first-order valence-electron chi connectivity index (χ1n) is 5.74. The Bertz CT molecular complexity index is 815. The standard InChI is InChI=1S/C11H12ClN5O3S/c1-6-7(4-5-8(12)9(6)21(3,19)20)10(18)13-11-14-15-16-17(11)2/h4-5H,1-3H3,(H,13,14,16,18). The molecule has 0 aliphatic rings. The molecule has 0 radical (unpaired) electrons. The average Bonchev–Trinajstić information content (AvgIpc) is 2.73. The minimum atomic E-state index is -3.55. The van der Waals surface area contributed by atoms with Gasteiger partial charge in [0.15, 0.2) is 9.84 Å². The molecular formula is C11H12ClN5O3S. The fourth-order valence-corrected chi connectivity index (χ4v) is 3.58. The van der Waals surface area contributed by atoms with E-state index in [4.69, 9.17) is 11.6 Å². The molecule has 1 heterocycles. The molecule has 2 rings (SSSR count). The summed E-state index contributed by atoms with van der Waals surface area (Å²) in [7, 11) is -1.99. The third-order valence-corrected chi connectivity index (χ3v) is 4.51. The Hall–Kier alpha value is -2.00. The molecular weight excluding hydrogens is 318 g/mol. The first-order chi connectivity index (χ1) is 9.71. The maximum absolute atomic E-state index is 12.2. The summed E-state index contributed by atoms with van der Waals surface area (Å²) in [6, 6.07) is 2.82. The van der Waals surface area contributed by atoms with Gasteiger partial charge in [-0.3, -0.25) is 10.1 Å². The second-order valence-electron chi connectivity index (χ2n) is 4.40. The molecule has 0 fully saturated rings. The number of nitrogens with zero attached hydrogens (tertiary/aromatic N) is 4. The molecule has 1 N–H and O–H groups in total. The number of amides is 1. The number of halogens is 1. The van der Waals surface area contributed by atoms with Gasteiger partial charge in [0, 0.05) is 18.9 Å². The van der Waals surface area contributed by atoms with Crippen LogP contribution in [0.15, 0.2) is 17.0 Å². The third-order valence-electron chi connectivity index (χ3n) is 2.82. The fourth-order valence-electron chi connectivity index (χ4n) is 1.86. The van der Waals surface area contributed by atoms with Gasteiger partial charge < -0.3 is 0 Å². The molecule has 0 saturated carbocycles. The van der Waals surface area contributed by atoms with Gasteiger partial charge in [-0.05, 0) is 35.0 Å². The Morgan fingerprint density at radius 1 is 1.38 bits per heavy atom. The van der Waals surface area contributed by atoms with Crippen molar-refractivity contribution in [3.8, 4) is 0 Å². The smallest absolute Gasteiger partial charge is 0.258 e. The molecule has 1 amide bonds. The van der Waals surface area contributed by atoms with Gasteiger partial charge in [0.1, 0.15) is 0 Å². The number of anilines is 1. The summed E-state index contributed by atoms with van der Waals surface area (Å²) in [6.07, 6.45) is 1.04. The van der Waals surface area contributed by atoms with E-state index in [1.54, 1.807) is 7.05 Å². The number of hydrogen-bond donors (Lipinski definition) is 1. The molecule has 10 heteroatoms. The number of nitrogens with one attached hydrogen (secondary N) is 1. The predicted octanol–water partition coefficient (Wildman–Crippen LogP) is 0.828. The Balaban J connectivity index is 2.46. The van der Waals surface area contributed by atoms with Crippen molar-refractivity contribution in [3.63, 3.8) is 0 Å². The third kappa shape index (κ3) is 3.03. The molecule has 1 aromatic carbocycles. The minimum absolute atomic E-state index is 0.0621. The second kappa shape index (κ2) is 5.41. The highest BCUT2D eigenvalue weighted by Crippen LogP contribution is 2.27. The van der Waals surface area contributed by atoms with Crippen LogP contribution in [0.3, 0.4) is 0 Å². The highest BCUT2D eigenvalue weighted by atomic mass is 35.5. The molecule has 21 heavy (non-hydrogen) atoms. The second-order valence-corrected chi connectivity index (χ2v) is 6.76. The van der Waals surface area contributed by atoms with E-state index in [9.17, 15) is 13.2 Å². The van der Waals surface area contributed by atoms with Gasteiger partial charge in [0.05, 0.1) is 9.92 Å². The lowest BCUT2D eigenvalue weighted by atomic mass is 10.1. The zero-order valence-electron chi connectivity index (χ0n) is 11.5. The molecule has 2 aromatic rings. The monoisotopic (exact) mass is 329 g/mol. The first-order valence-corrected chi connectivity index (χ1v) is 8.01. The van der Waals surface area contributed by atoms with E-state index in [2.05, 4.69) is 20.8 Å². The largest absolute Gasteiger partial charge is 0.289 e. The molecule has 112 valence electrons. The van der Waals surface area contributed by atoms with Crippen LogP contribution in [0.2, 0.25) is 5.02 Å². The minimum Gasteiger partial charge on any atom is -0.289 e. The van der Waals surface area contributed by atoms with Crippen LogP contribution < -0.4 is 5.32 Å². The maximum atomic E-state index is 12.2. The number of aryl methyl sites for hydroxylation is 1. The summed E-state index contributed by atoms with van der Waals surface area (Å²) in [6.45, 7) is 1.52. The van der Waals surface area contributed by atoms with Gasteiger partial charge in [0.25, 0.3) is 5.91 Å². The lowest BCUT2D eigenvalue weighted by Gasteiger charge is -2.11. The van der Waals surface area contributed by atoms with E-state index >= 15 is 0 Å². The summed E-state index contributed by atoms with van der Waals surface area (Å²) < 4.78 is 24.8. The average molecular weight is 330 g/mol. The predicted molar refractivity (Wildman–Crippen MR) is 76.1 cm³/mol. The van der Waals surface area contributed by atoms with E-state index in [1.165, 1.54) is 23.7 Å². The molecule has 0 aliphatic heterocycles. The van der Waals surface area contributed by atoms with Crippen LogP contribution >= 0.6 is 11.6 Å². The van der Waals surface area contributed by atoms with Gasteiger partial charge >= 0.3 is 0 Å². The Kier molecular flexibility index (Phi) is 3.97. The van der Waals surface area contributed by atoms with Crippen LogP contribution in [-0.2, 0) is 16.9 Å². The SMILES string of the molecule is Cc1c(C(=O)Nc2nnnn2C)ccc(Cl)c1S(C)(=O)=O. The highest BCUT2D eigenvalue weighted by molar-refractivity contribution is 7.90. The van der Waals surface area contributed by atoms with E-state index in [-0.39, 0.29) is 27.0 Å². The number of sulfone groups is 1. The topological polar surface area (TPSA) is 107 Å². The Morgan fingerprint density at radius 2 is 2.05 bits per heavy atom. The van der Waals surface area contributed by atoms with Gasteiger partial charge in [-0.25, -0.2) is 13.1 Å². The number of aromatic nitrogens is 4. The number of carbonyl (C=O) groups is 1. The molecule has 0 atom stereocenters. The van der Waals surface area contributed by atoms with Crippen molar-refractivity contribution < 1.29 is 13.2 Å². The number of carbonyl (C=O) groups excluding carboxylic acids is 1. The van der Waals surface area contributed by atoms with Crippen molar-refractivity contribution >= 4 is 33.3 Å². The number of rotatable bonds is 3. The summed E-state index contributed by atoms with van der Waals surface area (Å²) in [5, 5.41) is 13.2. The van der Waals surface area contributed by atoms with Gasteiger partial charge in [-0.1, -0.05) is 16.7 Å². The number of hydrogen-bond acceptors (Lipinski definition) is 6. The van der Waals surface area contributed by atoms with E-state index in [0.717, 1.165) is 6.26 Å². The van der Waals surface area contributed by atoms with Gasteiger partial charge in [-0.2, -0.15) is 0 Å². The molecule has 0 spiro atoms. The quantitative estimate of drug-likeness (QED) is 0.893. The van der Waals surface area contributed by atoms with Crippen molar-refractivity contribution in [2.45, 2.75) is 11.8 Å². The molecule has 1 aromatic heterocycles. The summed E-state index contributed by atoms with van der Waals surface area (Å²) >= 11 is 5.91. The van der Waals surface area contributed by atoms with Gasteiger partial charge in [-0.15, -0.1) is 0 Å². The molecule has 0 aliphatic carbocycles. The van der Waals surface area contributed by atoms with Crippen molar-refractivity contribution in [1.29, 1.82) is 0 Å². The summed E-state index contributed by atoms with van der Waals surface area (Å²) in [5.41, 5.74) is 0.459. The maximum Gasteiger partial charge on any atom is 0.258 e. The zero-order valence-corrected chi connectivity index (χ0v) is 13.0. The Morgan fingerprint density at radius 3 is 2.57 bits per heavy atom. The molecule has 0 saturated heterocycles. The van der Waals surface area contributed by atoms with Crippen molar-refractivity contribution in [2.24, 2.45) is 7.05 Å². The van der Waals surface area contributed by atoms with Crippen LogP contribution in [0.5, 0.6) is 0 Å². The van der Waals surface area contributed by atoms with E-state index in [0.29, 0.717) is 0 Å². The summed E-state index contributed by atoms with van der Waals surface area (Å²) in [4.78, 5) is 12.2. The van der Waals surface area contributed by atoms with Crippen LogP contribution in [0, 0.1) is 6.92 Å². The highest BCUT2D eigenvalue weighted by Gasteiger charge is 2.21. The lowest BCUT2D eigenvalue weighted by molar-refractivity contribution is 0.102. The Labute approximate surface area is 126 Å².